The van der Waals surface area contributed by atoms with Crippen molar-refractivity contribution in [3.63, 3.8) is 0 Å². The van der Waals surface area contributed by atoms with Crippen molar-refractivity contribution in [2.45, 2.75) is 19.4 Å². The predicted molar refractivity (Wildman–Crippen MR) is 64.1 cm³/mol. The number of nitrogens with two attached hydrogens (primary N) is 1. The Morgan fingerprint density at radius 1 is 1.47 bits per heavy atom. The van der Waals surface area contributed by atoms with Crippen molar-refractivity contribution in [2.75, 3.05) is 6.54 Å². The average Bonchev–Trinajstić information content (AvgIpc) is 2.82. The molecule has 1 aliphatic heterocycles. The summed E-state index contributed by atoms with van der Waals surface area (Å²) in [7, 11) is 0. The molecule has 3 heterocycles. The van der Waals surface area contributed by atoms with Crippen molar-refractivity contribution < 1.29 is 0 Å². The molecule has 0 saturated carbocycles. The molecule has 5 heteroatoms. The van der Waals surface area contributed by atoms with Gasteiger partial charge in [0.25, 0.3) is 0 Å². The Morgan fingerprint density at radius 3 is 3.18 bits per heavy atom. The van der Waals surface area contributed by atoms with E-state index in [0.29, 0.717) is 5.92 Å². The highest BCUT2D eigenvalue weighted by molar-refractivity contribution is 5.52. The number of hydrogen-bond acceptors (Lipinski definition) is 4. The van der Waals surface area contributed by atoms with Gasteiger partial charge in [-0.25, -0.2) is 9.67 Å². The van der Waals surface area contributed by atoms with Gasteiger partial charge in [0.1, 0.15) is 5.82 Å². The zero-order valence-electron chi connectivity index (χ0n) is 9.58. The molecule has 1 atom stereocenters. The van der Waals surface area contributed by atoms with Crippen LogP contribution in [0.25, 0.3) is 11.4 Å². The van der Waals surface area contributed by atoms with E-state index in [4.69, 9.17) is 5.73 Å². The van der Waals surface area contributed by atoms with E-state index in [0.717, 1.165) is 43.1 Å². The molecule has 1 unspecified atom stereocenters. The predicted octanol–water partition coefficient (Wildman–Crippen LogP) is 0.861. The van der Waals surface area contributed by atoms with E-state index in [1.165, 1.54) is 0 Å². The molecular formula is C12H15N5. The summed E-state index contributed by atoms with van der Waals surface area (Å²) in [6.45, 7) is 1.65. The topological polar surface area (TPSA) is 69.6 Å². The first-order chi connectivity index (χ1) is 8.36. The van der Waals surface area contributed by atoms with Crippen molar-refractivity contribution in [3.05, 3.63) is 30.4 Å². The number of hydrogen-bond donors (Lipinski definition) is 1. The first-order valence-corrected chi connectivity index (χ1v) is 5.91. The Labute approximate surface area is 99.7 Å². The molecule has 0 spiro atoms. The molecule has 0 bridgehead atoms. The van der Waals surface area contributed by atoms with E-state index in [9.17, 15) is 0 Å². The van der Waals surface area contributed by atoms with Gasteiger partial charge >= 0.3 is 0 Å². The lowest BCUT2D eigenvalue weighted by Gasteiger charge is -2.19. The van der Waals surface area contributed by atoms with Crippen LogP contribution in [-0.4, -0.2) is 26.3 Å². The molecule has 0 aliphatic carbocycles. The molecular weight excluding hydrogens is 214 g/mol. The third-order valence-corrected chi connectivity index (χ3v) is 3.22. The Balaban J connectivity index is 1.93. The van der Waals surface area contributed by atoms with Crippen molar-refractivity contribution in [1.29, 1.82) is 0 Å². The molecule has 0 saturated heterocycles. The number of pyridine rings is 1. The standard InChI is InChI=1S/C12H15N5/c13-7-9-3-5-17-11(6-9)15-12(16-17)10-2-1-4-14-8-10/h1-2,4,8-9H,3,5-7,13H2. The van der Waals surface area contributed by atoms with Crippen LogP contribution >= 0.6 is 0 Å². The number of aromatic nitrogens is 4. The third-order valence-electron chi connectivity index (χ3n) is 3.22. The number of fused-ring (bicyclic) bond motifs is 1. The van der Waals surface area contributed by atoms with Gasteiger partial charge in [0.05, 0.1) is 0 Å². The summed E-state index contributed by atoms with van der Waals surface area (Å²) >= 11 is 0. The fourth-order valence-corrected chi connectivity index (χ4v) is 2.19. The van der Waals surface area contributed by atoms with Crippen LogP contribution in [0.1, 0.15) is 12.2 Å². The minimum atomic E-state index is 0.549. The monoisotopic (exact) mass is 229 g/mol. The minimum Gasteiger partial charge on any atom is -0.330 e. The Bertz CT molecular complexity index is 505. The molecule has 0 aromatic carbocycles. The van der Waals surface area contributed by atoms with Gasteiger partial charge in [-0.05, 0) is 31.0 Å². The van der Waals surface area contributed by atoms with E-state index >= 15 is 0 Å². The average molecular weight is 229 g/mol. The Morgan fingerprint density at radius 2 is 2.41 bits per heavy atom. The molecule has 0 radical (unpaired) electrons. The third kappa shape index (κ3) is 1.93. The summed E-state index contributed by atoms with van der Waals surface area (Å²) in [5.74, 6) is 2.37. The highest BCUT2D eigenvalue weighted by Crippen LogP contribution is 2.21. The molecule has 3 rings (SSSR count). The van der Waals surface area contributed by atoms with Crippen molar-refractivity contribution >= 4 is 0 Å². The SMILES string of the molecule is NCC1CCn2nc(-c3cccnc3)nc2C1. The highest BCUT2D eigenvalue weighted by atomic mass is 15.4. The van der Waals surface area contributed by atoms with Crippen LogP contribution in [0, 0.1) is 5.92 Å². The molecule has 0 amide bonds. The second-order valence-electron chi connectivity index (χ2n) is 4.41. The molecule has 17 heavy (non-hydrogen) atoms. The Kier molecular flexibility index (Phi) is 2.60. The van der Waals surface area contributed by atoms with Crippen LogP contribution in [0.2, 0.25) is 0 Å². The van der Waals surface area contributed by atoms with Gasteiger partial charge in [-0.2, -0.15) is 5.10 Å². The molecule has 88 valence electrons. The van der Waals surface area contributed by atoms with Gasteiger partial charge in [-0.15, -0.1) is 0 Å². The Hall–Kier alpha value is -1.75. The summed E-state index contributed by atoms with van der Waals surface area (Å²) in [5.41, 5.74) is 6.68. The summed E-state index contributed by atoms with van der Waals surface area (Å²) in [5, 5.41) is 4.51. The first kappa shape index (κ1) is 10.4. The lowest BCUT2D eigenvalue weighted by atomic mass is 9.98. The molecule has 2 N–H and O–H groups in total. The normalized spacial score (nSPS) is 19.0. The van der Waals surface area contributed by atoms with Gasteiger partial charge in [0.15, 0.2) is 5.82 Å². The number of rotatable bonds is 2. The van der Waals surface area contributed by atoms with Gasteiger partial charge in [0, 0.05) is 30.9 Å². The van der Waals surface area contributed by atoms with Crippen LogP contribution in [0.5, 0.6) is 0 Å². The smallest absolute Gasteiger partial charge is 0.182 e. The number of nitrogens with zero attached hydrogens (tertiary/aromatic N) is 4. The maximum Gasteiger partial charge on any atom is 0.182 e. The lowest BCUT2D eigenvalue weighted by Crippen LogP contribution is -2.25. The zero-order chi connectivity index (χ0) is 11.7. The number of aryl methyl sites for hydroxylation is 1. The van der Waals surface area contributed by atoms with E-state index < -0.39 is 0 Å². The van der Waals surface area contributed by atoms with Crippen molar-refractivity contribution in [1.82, 2.24) is 19.7 Å². The van der Waals surface area contributed by atoms with Crippen LogP contribution in [-0.2, 0) is 13.0 Å². The minimum absolute atomic E-state index is 0.549. The van der Waals surface area contributed by atoms with Gasteiger partial charge in [-0.1, -0.05) is 0 Å². The van der Waals surface area contributed by atoms with E-state index in [1.807, 2.05) is 16.8 Å². The van der Waals surface area contributed by atoms with Crippen molar-refractivity contribution in [3.8, 4) is 11.4 Å². The van der Waals surface area contributed by atoms with Crippen molar-refractivity contribution in [2.24, 2.45) is 11.7 Å². The second-order valence-corrected chi connectivity index (χ2v) is 4.41. The molecule has 1 aliphatic rings. The van der Waals surface area contributed by atoms with E-state index in [1.54, 1.807) is 12.4 Å². The summed E-state index contributed by atoms with van der Waals surface area (Å²) in [4.78, 5) is 8.66. The van der Waals surface area contributed by atoms with Gasteiger partial charge in [-0.3, -0.25) is 4.98 Å². The molecule has 0 fully saturated rings. The molecule has 2 aromatic heterocycles. The second kappa shape index (κ2) is 4.25. The van der Waals surface area contributed by atoms with Gasteiger partial charge in [0.2, 0.25) is 0 Å². The van der Waals surface area contributed by atoms with Gasteiger partial charge < -0.3 is 5.73 Å². The first-order valence-electron chi connectivity index (χ1n) is 5.91. The largest absolute Gasteiger partial charge is 0.330 e. The summed E-state index contributed by atoms with van der Waals surface area (Å²) in [6, 6.07) is 3.88. The maximum atomic E-state index is 5.71. The van der Waals surface area contributed by atoms with Crippen LogP contribution < -0.4 is 5.73 Å². The van der Waals surface area contributed by atoms with Crippen LogP contribution in [0.15, 0.2) is 24.5 Å². The van der Waals surface area contributed by atoms with Crippen LogP contribution in [0.3, 0.4) is 0 Å². The fraction of sp³-hybridized carbons (Fsp3) is 0.417. The highest BCUT2D eigenvalue weighted by Gasteiger charge is 2.21. The maximum absolute atomic E-state index is 5.71. The van der Waals surface area contributed by atoms with E-state index in [2.05, 4.69) is 15.1 Å². The molecule has 2 aromatic rings. The summed E-state index contributed by atoms with van der Waals surface area (Å²) < 4.78 is 1.99. The summed E-state index contributed by atoms with van der Waals surface area (Å²) in [6.07, 6.45) is 5.58. The molecule has 5 nitrogen and oxygen atoms in total. The fourth-order valence-electron chi connectivity index (χ4n) is 2.19. The zero-order valence-corrected chi connectivity index (χ0v) is 9.58. The van der Waals surface area contributed by atoms with E-state index in [-0.39, 0.29) is 0 Å². The quantitative estimate of drug-likeness (QED) is 0.829. The van der Waals surface area contributed by atoms with Crippen LogP contribution in [0.4, 0.5) is 0 Å². The lowest BCUT2D eigenvalue weighted by molar-refractivity contribution is 0.369.